The van der Waals surface area contributed by atoms with Gasteiger partial charge in [-0.1, -0.05) is 17.3 Å². The Bertz CT molecular complexity index is 751. The molecule has 0 spiro atoms. The van der Waals surface area contributed by atoms with Crippen molar-refractivity contribution in [3.63, 3.8) is 0 Å². The first-order chi connectivity index (χ1) is 12.4. The van der Waals surface area contributed by atoms with E-state index in [2.05, 4.69) is 5.16 Å². The molecule has 1 aromatic carbocycles. The van der Waals surface area contributed by atoms with Gasteiger partial charge in [-0.3, -0.25) is 0 Å². The van der Waals surface area contributed by atoms with Crippen molar-refractivity contribution in [1.82, 2.24) is 5.16 Å². The van der Waals surface area contributed by atoms with Crippen LogP contribution in [0.5, 0.6) is 0 Å². The highest BCUT2D eigenvalue weighted by Crippen LogP contribution is 2.34. The van der Waals surface area contributed by atoms with Gasteiger partial charge in [0.1, 0.15) is 23.6 Å². The summed E-state index contributed by atoms with van der Waals surface area (Å²) in [6.07, 6.45) is -2.79. The molecular formula is C17H16F3NO5. The van der Waals surface area contributed by atoms with Crippen molar-refractivity contribution in [3.8, 4) is 0 Å². The Kier molecular flexibility index (Phi) is 5.28. The molecule has 26 heavy (non-hydrogen) atoms. The Morgan fingerprint density at radius 2 is 2.00 bits per heavy atom. The van der Waals surface area contributed by atoms with E-state index >= 15 is 0 Å². The van der Waals surface area contributed by atoms with Crippen LogP contribution in [0.4, 0.5) is 13.2 Å². The molecule has 3 rings (SSSR count). The van der Waals surface area contributed by atoms with Gasteiger partial charge >= 0.3 is 12.1 Å². The van der Waals surface area contributed by atoms with E-state index in [1.165, 1.54) is 12.1 Å². The molecular weight excluding hydrogens is 355 g/mol. The molecule has 2 heterocycles. The van der Waals surface area contributed by atoms with Crippen LogP contribution >= 0.6 is 0 Å². The number of nitrogens with zero attached hydrogens (tertiary/aromatic N) is 1. The number of rotatable bonds is 5. The molecule has 0 amide bonds. The third-order valence-corrected chi connectivity index (χ3v) is 4.04. The molecule has 1 aliphatic heterocycles. The van der Waals surface area contributed by atoms with Gasteiger partial charge in [0.2, 0.25) is 0 Å². The second-order valence-corrected chi connectivity index (χ2v) is 5.85. The van der Waals surface area contributed by atoms with E-state index in [1.54, 1.807) is 0 Å². The van der Waals surface area contributed by atoms with Crippen molar-refractivity contribution in [2.24, 2.45) is 0 Å². The number of carboxylic acid groups (broad SMARTS) is 1. The fourth-order valence-electron chi connectivity index (χ4n) is 2.71. The minimum absolute atomic E-state index is 0.0218. The largest absolute Gasteiger partial charge is 0.478 e. The lowest BCUT2D eigenvalue weighted by atomic mass is 10.0. The van der Waals surface area contributed by atoms with E-state index in [4.69, 9.17) is 14.0 Å². The van der Waals surface area contributed by atoms with Gasteiger partial charge in [0.15, 0.2) is 6.29 Å². The summed E-state index contributed by atoms with van der Waals surface area (Å²) in [6, 6.07) is 4.29. The van der Waals surface area contributed by atoms with Crippen LogP contribution in [0.1, 0.15) is 52.5 Å². The van der Waals surface area contributed by atoms with Crippen molar-refractivity contribution < 1.29 is 37.1 Å². The number of hydrogen-bond acceptors (Lipinski definition) is 5. The molecule has 2 atom stereocenters. The Morgan fingerprint density at radius 3 is 2.58 bits per heavy atom. The highest BCUT2D eigenvalue weighted by molar-refractivity contribution is 5.88. The minimum Gasteiger partial charge on any atom is -0.478 e. The summed E-state index contributed by atoms with van der Waals surface area (Å²) in [6.45, 7) is 0.495. The first-order valence-corrected chi connectivity index (χ1v) is 7.98. The van der Waals surface area contributed by atoms with Crippen molar-refractivity contribution in [1.29, 1.82) is 0 Å². The Morgan fingerprint density at radius 1 is 1.27 bits per heavy atom. The van der Waals surface area contributed by atoms with Crippen LogP contribution in [0, 0.1) is 0 Å². The molecule has 1 saturated heterocycles. The number of aromatic carboxylic acids is 1. The summed E-state index contributed by atoms with van der Waals surface area (Å²) in [5, 5.41) is 13.0. The molecule has 0 bridgehead atoms. The molecule has 9 heteroatoms. The Hall–Kier alpha value is -2.39. The average molecular weight is 371 g/mol. The zero-order valence-corrected chi connectivity index (χ0v) is 13.5. The van der Waals surface area contributed by atoms with Gasteiger partial charge in [0, 0.05) is 6.61 Å². The topological polar surface area (TPSA) is 81.8 Å². The summed E-state index contributed by atoms with van der Waals surface area (Å²) in [5.74, 6) is -1.27. The van der Waals surface area contributed by atoms with E-state index in [-0.39, 0.29) is 11.3 Å². The number of carboxylic acids is 1. The fraction of sp³-hybridized carbons (Fsp3) is 0.412. The lowest BCUT2D eigenvalue weighted by Crippen LogP contribution is -2.25. The molecule has 1 fully saturated rings. The van der Waals surface area contributed by atoms with Crippen LogP contribution in [0.3, 0.4) is 0 Å². The third kappa shape index (κ3) is 4.05. The molecule has 6 nitrogen and oxygen atoms in total. The van der Waals surface area contributed by atoms with Gasteiger partial charge in [-0.2, -0.15) is 13.2 Å². The summed E-state index contributed by atoms with van der Waals surface area (Å²) in [4.78, 5) is 11.4. The lowest BCUT2D eigenvalue weighted by molar-refractivity contribution is -0.182. The zero-order valence-electron chi connectivity index (χ0n) is 13.5. The second-order valence-electron chi connectivity index (χ2n) is 5.85. The van der Waals surface area contributed by atoms with E-state index in [9.17, 15) is 23.1 Å². The van der Waals surface area contributed by atoms with Gasteiger partial charge in [0.05, 0.1) is 5.56 Å². The number of aromatic nitrogens is 1. The quantitative estimate of drug-likeness (QED) is 0.855. The van der Waals surface area contributed by atoms with Crippen LogP contribution in [0.15, 0.2) is 35.1 Å². The molecule has 0 saturated carbocycles. The maximum Gasteiger partial charge on any atom is 0.416 e. The third-order valence-electron chi connectivity index (χ3n) is 4.04. The smallest absolute Gasteiger partial charge is 0.416 e. The molecule has 1 aromatic heterocycles. The molecule has 1 N–H and O–H groups in total. The fourth-order valence-corrected chi connectivity index (χ4v) is 2.71. The first kappa shape index (κ1) is 18.4. The van der Waals surface area contributed by atoms with Gasteiger partial charge in [-0.05, 0) is 37.0 Å². The van der Waals surface area contributed by atoms with Crippen LogP contribution < -0.4 is 0 Å². The SMILES string of the molecule is O=C(O)c1conc1[C@H](O[C@H]1CCCCO1)c1ccc(C(F)(F)F)cc1. The molecule has 2 aromatic rings. The monoisotopic (exact) mass is 371 g/mol. The molecule has 0 unspecified atom stereocenters. The van der Waals surface area contributed by atoms with Gasteiger partial charge in [-0.25, -0.2) is 4.79 Å². The molecule has 140 valence electrons. The summed E-state index contributed by atoms with van der Waals surface area (Å²) in [5.41, 5.74) is -0.728. The minimum atomic E-state index is -4.47. The number of halogens is 3. The van der Waals surface area contributed by atoms with Gasteiger partial charge < -0.3 is 19.1 Å². The Labute approximate surface area is 146 Å². The van der Waals surface area contributed by atoms with Gasteiger partial charge in [-0.15, -0.1) is 0 Å². The highest BCUT2D eigenvalue weighted by Gasteiger charge is 2.32. The standard InChI is InChI=1S/C17H16F3NO5/c18-17(19,20)11-6-4-10(5-7-11)15(26-13-3-1-2-8-24-13)14-12(16(22)23)9-25-21-14/h4-7,9,13,15H,1-3,8H2,(H,22,23)/t13-,15+/m0/s1. The lowest BCUT2D eigenvalue weighted by Gasteiger charge is -2.27. The maximum absolute atomic E-state index is 12.8. The van der Waals surface area contributed by atoms with E-state index in [0.29, 0.717) is 18.6 Å². The maximum atomic E-state index is 12.8. The molecule has 0 radical (unpaired) electrons. The van der Waals surface area contributed by atoms with Crippen molar-refractivity contribution in [3.05, 3.63) is 52.9 Å². The predicted molar refractivity (Wildman–Crippen MR) is 81.4 cm³/mol. The zero-order chi connectivity index (χ0) is 18.7. The Balaban J connectivity index is 1.94. The first-order valence-electron chi connectivity index (χ1n) is 7.98. The number of carbonyl (C=O) groups is 1. The number of alkyl halides is 3. The van der Waals surface area contributed by atoms with Crippen LogP contribution in [-0.2, 0) is 15.7 Å². The predicted octanol–water partition coefficient (Wildman–Crippen LogP) is 4.02. The highest BCUT2D eigenvalue weighted by atomic mass is 19.4. The average Bonchev–Trinajstić information content (AvgIpc) is 3.10. The molecule has 0 aliphatic carbocycles. The van der Waals surface area contributed by atoms with Gasteiger partial charge in [0.25, 0.3) is 0 Å². The van der Waals surface area contributed by atoms with Crippen LogP contribution in [-0.4, -0.2) is 29.1 Å². The van der Waals surface area contributed by atoms with Crippen molar-refractivity contribution >= 4 is 5.97 Å². The number of benzene rings is 1. The van der Waals surface area contributed by atoms with E-state index < -0.39 is 30.1 Å². The van der Waals surface area contributed by atoms with Crippen LogP contribution in [0.2, 0.25) is 0 Å². The van der Waals surface area contributed by atoms with Crippen LogP contribution in [0.25, 0.3) is 0 Å². The van der Waals surface area contributed by atoms with Crippen molar-refractivity contribution in [2.45, 2.75) is 37.8 Å². The summed E-state index contributed by atoms with van der Waals surface area (Å²) in [7, 11) is 0. The summed E-state index contributed by atoms with van der Waals surface area (Å²) >= 11 is 0. The van der Waals surface area contributed by atoms with Crippen molar-refractivity contribution in [2.75, 3.05) is 6.61 Å². The second kappa shape index (κ2) is 7.46. The molecule has 1 aliphatic rings. The number of ether oxygens (including phenoxy) is 2. The van der Waals surface area contributed by atoms with E-state index in [1.807, 2.05) is 0 Å². The summed E-state index contributed by atoms with van der Waals surface area (Å²) < 4.78 is 54.4. The number of hydrogen-bond donors (Lipinski definition) is 1. The normalized spacial score (nSPS) is 19.3. The van der Waals surface area contributed by atoms with E-state index in [0.717, 1.165) is 31.2 Å².